The quantitative estimate of drug-likeness (QED) is 0.230. The number of hydrogen-bond acceptors (Lipinski definition) is 6. The number of halogens is 5. The van der Waals surface area contributed by atoms with Crippen molar-refractivity contribution in [2.45, 2.75) is 25.1 Å². The molecule has 14 heteroatoms. The molecule has 5 N–H and O–H groups in total. The molecule has 0 aliphatic carbocycles. The van der Waals surface area contributed by atoms with Crippen LogP contribution in [0.25, 0.3) is 22.2 Å². The van der Waals surface area contributed by atoms with Crippen LogP contribution in [0.4, 0.5) is 22.0 Å². The van der Waals surface area contributed by atoms with Gasteiger partial charge in [-0.2, -0.15) is 18.3 Å². The number of amides is 2. The first kappa shape index (κ1) is 28.4. The minimum absolute atomic E-state index is 0.00256. The lowest BCUT2D eigenvalue weighted by molar-refractivity contribution is -0.265. The highest BCUT2D eigenvalue weighted by Gasteiger charge is 2.56. The molecule has 0 unspecified atom stereocenters. The highest BCUT2D eigenvalue weighted by molar-refractivity contribution is 5.98. The van der Waals surface area contributed by atoms with Crippen LogP contribution in [0, 0.1) is 11.6 Å². The van der Waals surface area contributed by atoms with Gasteiger partial charge in [0.1, 0.15) is 28.6 Å². The number of pyridine rings is 1. The minimum Gasteiger partial charge on any atom is -0.491 e. The van der Waals surface area contributed by atoms with E-state index in [0.29, 0.717) is 0 Å². The van der Waals surface area contributed by atoms with Crippen LogP contribution < -0.4 is 15.8 Å². The number of benzene rings is 2. The Hall–Kier alpha value is -4.59. The molecule has 4 rings (SSSR count). The molecule has 210 valence electrons. The first-order chi connectivity index (χ1) is 18.8. The van der Waals surface area contributed by atoms with E-state index in [4.69, 9.17) is 10.5 Å². The van der Waals surface area contributed by atoms with Gasteiger partial charge >= 0.3 is 6.18 Å². The molecule has 0 radical (unpaired) electrons. The smallest absolute Gasteiger partial charge is 0.424 e. The number of rotatable bonds is 9. The fraction of sp³-hybridized carbons (Fsp3) is 0.231. The molecule has 0 aliphatic heterocycles. The van der Waals surface area contributed by atoms with E-state index in [2.05, 4.69) is 15.2 Å². The van der Waals surface area contributed by atoms with Crippen molar-refractivity contribution in [2.75, 3.05) is 13.2 Å². The third-order valence-electron chi connectivity index (χ3n) is 5.98. The van der Waals surface area contributed by atoms with Crippen LogP contribution in [0.2, 0.25) is 0 Å². The first-order valence-corrected chi connectivity index (χ1v) is 11.8. The molecule has 0 spiro atoms. The van der Waals surface area contributed by atoms with Crippen LogP contribution in [0.1, 0.15) is 28.5 Å². The summed E-state index contributed by atoms with van der Waals surface area (Å²) in [5, 5.41) is 19.2. The molecule has 1 atom stereocenters. The molecule has 0 saturated carbocycles. The fourth-order valence-corrected chi connectivity index (χ4v) is 4.02. The zero-order valence-electron chi connectivity index (χ0n) is 20.8. The molecule has 4 aromatic rings. The summed E-state index contributed by atoms with van der Waals surface area (Å²) in [6.07, 6.45) is -4.75. The van der Waals surface area contributed by atoms with Crippen molar-refractivity contribution in [2.24, 2.45) is 5.73 Å². The van der Waals surface area contributed by atoms with Crippen LogP contribution in [0.3, 0.4) is 0 Å². The van der Waals surface area contributed by atoms with E-state index >= 15 is 0 Å². The summed E-state index contributed by atoms with van der Waals surface area (Å²) in [7, 11) is 0. The molecule has 2 amide bonds. The van der Waals surface area contributed by atoms with Gasteiger partial charge in [0, 0.05) is 22.1 Å². The Kier molecular flexibility index (Phi) is 7.73. The second kappa shape index (κ2) is 10.9. The summed E-state index contributed by atoms with van der Waals surface area (Å²) in [6, 6.07) is 7.35. The molecule has 0 fully saturated rings. The third kappa shape index (κ3) is 5.57. The Labute approximate surface area is 223 Å². The van der Waals surface area contributed by atoms with Gasteiger partial charge in [0.05, 0.1) is 31.5 Å². The highest BCUT2D eigenvalue weighted by Crippen LogP contribution is 2.42. The molecular weight excluding hydrogens is 541 g/mol. The van der Waals surface area contributed by atoms with Crippen molar-refractivity contribution in [3.05, 3.63) is 77.1 Å². The van der Waals surface area contributed by atoms with Crippen LogP contribution in [-0.4, -0.2) is 51.4 Å². The summed E-state index contributed by atoms with van der Waals surface area (Å²) >= 11 is 0. The average Bonchev–Trinajstić information content (AvgIpc) is 3.37. The number of carbonyl (C=O) groups is 2. The van der Waals surface area contributed by atoms with Gasteiger partial charge in [0.2, 0.25) is 11.5 Å². The van der Waals surface area contributed by atoms with Crippen molar-refractivity contribution in [1.82, 2.24) is 20.5 Å². The summed E-state index contributed by atoms with van der Waals surface area (Å²) in [6.45, 7) is 0.181. The highest BCUT2D eigenvalue weighted by atomic mass is 19.4. The zero-order valence-corrected chi connectivity index (χ0v) is 20.8. The van der Waals surface area contributed by atoms with Crippen molar-refractivity contribution in [3.8, 4) is 17.0 Å². The van der Waals surface area contributed by atoms with Crippen LogP contribution in [0.15, 0.2) is 48.7 Å². The van der Waals surface area contributed by atoms with Crippen LogP contribution in [-0.2, 0) is 16.8 Å². The number of alkyl halides is 3. The number of H-pyrrole nitrogens is 1. The van der Waals surface area contributed by atoms with E-state index in [1.807, 2.05) is 5.32 Å². The minimum atomic E-state index is -5.40. The van der Waals surface area contributed by atoms with E-state index in [1.165, 1.54) is 24.4 Å². The molecule has 0 aliphatic rings. The lowest BCUT2D eigenvalue weighted by Gasteiger charge is -2.31. The normalized spacial score (nSPS) is 13.2. The van der Waals surface area contributed by atoms with E-state index in [-0.39, 0.29) is 45.6 Å². The zero-order chi connectivity index (χ0) is 29.2. The molecule has 2 aromatic carbocycles. The molecule has 40 heavy (non-hydrogen) atoms. The maximum Gasteiger partial charge on any atom is 0.424 e. The Morgan fingerprint density at radius 1 is 1.12 bits per heavy atom. The standard InChI is InChI=1S/C26H22F5N5O4/c1-2-40-23-14(10-20(32)37)9-19(35-22(23)13-3-5-17(27)6-4-13)25(39,26(29,30)31)12-33-24(38)15-7-16-11-34-36-21(16)18(28)8-15/h3-9,11,39H,2,10,12H2,1H3,(H2,32,37)(H,33,38)(H,34,36)/t25-/m0/s1. The van der Waals surface area contributed by atoms with Crippen LogP contribution >= 0.6 is 0 Å². The van der Waals surface area contributed by atoms with Gasteiger partial charge in [0.25, 0.3) is 5.91 Å². The SMILES string of the molecule is CCOc1c(CC(N)=O)cc([C@@](O)(CNC(=O)c2cc(F)c3[nH]ncc3c2)C(F)(F)F)nc1-c1ccc(F)cc1. The third-order valence-corrected chi connectivity index (χ3v) is 5.98. The largest absolute Gasteiger partial charge is 0.491 e. The van der Waals surface area contributed by atoms with Gasteiger partial charge in [-0.25, -0.2) is 13.8 Å². The van der Waals surface area contributed by atoms with E-state index < -0.39 is 53.9 Å². The number of nitrogens with one attached hydrogen (secondary N) is 2. The Morgan fingerprint density at radius 2 is 1.82 bits per heavy atom. The van der Waals surface area contributed by atoms with Crippen LogP contribution in [0.5, 0.6) is 5.75 Å². The Balaban J connectivity index is 1.80. The molecule has 0 saturated heterocycles. The molecule has 2 heterocycles. The number of aromatic amines is 1. The number of primary amides is 1. The number of nitrogens with zero attached hydrogens (tertiary/aromatic N) is 2. The second-order valence-electron chi connectivity index (χ2n) is 8.76. The van der Waals surface area contributed by atoms with Gasteiger partial charge < -0.3 is 20.9 Å². The van der Waals surface area contributed by atoms with Gasteiger partial charge in [0.15, 0.2) is 0 Å². The number of aliphatic hydroxyl groups is 1. The molecular formula is C26H22F5N5O4. The molecule has 2 aromatic heterocycles. The van der Waals surface area contributed by atoms with Gasteiger partial charge in [-0.05, 0) is 49.4 Å². The van der Waals surface area contributed by atoms with Gasteiger partial charge in [-0.15, -0.1) is 0 Å². The van der Waals surface area contributed by atoms with E-state index in [1.54, 1.807) is 6.92 Å². The van der Waals surface area contributed by atoms with Crippen molar-refractivity contribution in [3.63, 3.8) is 0 Å². The number of hydrogen-bond donors (Lipinski definition) is 4. The van der Waals surface area contributed by atoms with E-state index in [0.717, 1.165) is 24.3 Å². The van der Waals surface area contributed by atoms with Crippen molar-refractivity contribution >= 4 is 22.7 Å². The van der Waals surface area contributed by atoms with Crippen molar-refractivity contribution < 1.29 is 41.4 Å². The lowest BCUT2D eigenvalue weighted by Crippen LogP contribution is -2.51. The predicted octanol–water partition coefficient (Wildman–Crippen LogP) is 3.51. The Bertz CT molecular complexity index is 1570. The van der Waals surface area contributed by atoms with Gasteiger partial charge in [-0.3, -0.25) is 14.7 Å². The summed E-state index contributed by atoms with van der Waals surface area (Å²) in [4.78, 5) is 28.5. The average molecular weight is 563 g/mol. The predicted molar refractivity (Wildman–Crippen MR) is 132 cm³/mol. The molecule has 0 bridgehead atoms. The van der Waals surface area contributed by atoms with E-state index in [9.17, 15) is 36.6 Å². The summed E-state index contributed by atoms with van der Waals surface area (Å²) in [5.41, 5.74) is -0.0230. The number of aromatic nitrogens is 3. The number of fused-ring (bicyclic) bond motifs is 1. The molecule has 9 nitrogen and oxygen atoms in total. The van der Waals surface area contributed by atoms with Gasteiger partial charge in [-0.1, -0.05) is 0 Å². The maximum atomic E-state index is 14.4. The fourth-order valence-electron chi connectivity index (χ4n) is 4.02. The maximum absolute atomic E-state index is 14.4. The monoisotopic (exact) mass is 563 g/mol. The topological polar surface area (TPSA) is 143 Å². The number of ether oxygens (including phenoxy) is 1. The Morgan fingerprint density at radius 3 is 2.45 bits per heavy atom. The second-order valence-corrected chi connectivity index (χ2v) is 8.76. The summed E-state index contributed by atoms with van der Waals surface area (Å²) < 4.78 is 76.7. The lowest BCUT2D eigenvalue weighted by atomic mass is 9.93. The number of nitrogens with two attached hydrogens (primary N) is 1. The number of carbonyl (C=O) groups excluding carboxylic acids is 2. The first-order valence-electron chi connectivity index (χ1n) is 11.8. The summed E-state index contributed by atoms with van der Waals surface area (Å²) in [5.74, 6) is -3.61. The van der Waals surface area contributed by atoms with Crippen molar-refractivity contribution in [1.29, 1.82) is 0 Å².